The van der Waals surface area contributed by atoms with Gasteiger partial charge in [0.25, 0.3) is 0 Å². The minimum Gasteiger partial charge on any atom is -0.480 e. The van der Waals surface area contributed by atoms with Crippen LogP contribution in [0.1, 0.15) is 44.9 Å². The molecule has 21 heavy (non-hydrogen) atoms. The van der Waals surface area contributed by atoms with Gasteiger partial charge in [-0.25, -0.2) is 0 Å². The number of fused-ring (bicyclic) bond motifs is 1. The molecule has 1 N–H and O–H groups in total. The zero-order valence-corrected chi connectivity index (χ0v) is 12.8. The molecule has 1 saturated heterocycles. The third-order valence-corrected chi connectivity index (χ3v) is 5.48. The molecule has 1 amide bonds. The molecule has 3 unspecified atom stereocenters. The fourth-order valence-electron chi connectivity index (χ4n) is 4.09. The second kappa shape index (κ2) is 5.95. The molecule has 5 heteroatoms. The van der Waals surface area contributed by atoms with Crippen LogP contribution in [0, 0.1) is 11.8 Å². The molecule has 0 bridgehead atoms. The highest BCUT2D eigenvalue weighted by Crippen LogP contribution is 2.39. The number of nitrogens with zero attached hydrogens (tertiary/aromatic N) is 2. The van der Waals surface area contributed by atoms with Gasteiger partial charge in [0, 0.05) is 19.6 Å². The lowest BCUT2D eigenvalue weighted by atomic mass is 9.85. The maximum atomic E-state index is 12.4. The molecule has 0 aromatic heterocycles. The maximum absolute atomic E-state index is 12.4. The van der Waals surface area contributed by atoms with Crippen LogP contribution in [0.4, 0.5) is 0 Å². The van der Waals surface area contributed by atoms with Crippen LogP contribution in [-0.2, 0) is 9.59 Å². The first-order chi connectivity index (χ1) is 10.1. The molecular formula is C16H26N2O3. The number of hydrogen-bond donors (Lipinski definition) is 1. The molecule has 1 heterocycles. The summed E-state index contributed by atoms with van der Waals surface area (Å²) in [6.07, 6.45) is 7.71. The van der Waals surface area contributed by atoms with Crippen molar-refractivity contribution in [2.24, 2.45) is 11.8 Å². The van der Waals surface area contributed by atoms with Gasteiger partial charge in [0.1, 0.15) is 6.04 Å². The third kappa shape index (κ3) is 3.23. The predicted octanol–water partition coefficient (Wildman–Crippen LogP) is 1.57. The standard InChI is InChI=1S/C16H26N2O3/c1-17(9-11-6-7-11)15(19)10-18-13-5-3-2-4-12(13)8-14(18)16(20)21/h11-14H,2-10H2,1H3,(H,20,21). The summed E-state index contributed by atoms with van der Waals surface area (Å²) in [4.78, 5) is 27.7. The fraction of sp³-hybridized carbons (Fsp3) is 0.875. The Morgan fingerprint density at radius 2 is 1.90 bits per heavy atom. The second-order valence-corrected chi connectivity index (χ2v) is 7.09. The number of carboxylic acids is 1. The van der Waals surface area contributed by atoms with E-state index in [0.29, 0.717) is 17.9 Å². The topological polar surface area (TPSA) is 60.9 Å². The molecule has 1 aliphatic heterocycles. The summed E-state index contributed by atoms with van der Waals surface area (Å²) in [6, 6.07) is -0.158. The van der Waals surface area contributed by atoms with Crippen LogP contribution in [0.2, 0.25) is 0 Å². The van der Waals surface area contributed by atoms with Crippen LogP contribution in [0.25, 0.3) is 0 Å². The summed E-state index contributed by atoms with van der Waals surface area (Å²) in [5, 5.41) is 9.47. The average Bonchev–Trinajstić information content (AvgIpc) is 3.19. The van der Waals surface area contributed by atoms with Crippen LogP contribution in [0.3, 0.4) is 0 Å². The Bertz CT molecular complexity index is 422. The van der Waals surface area contributed by atoms with Crippen LogP contribution in [-0.4, -0.2) is 59.0 Å². The normalized spacial score (nSPS) is 32.7. The highest BCUT2D eigenvalue weighted by Gasteiger charge is 2.46. The molecule has 118 valence electrons. The minimum absolute atomic E-state index is 0.0828. The molecule has 5 nitrogen and oxygen atoms in total. The molecule has 2 saturated carbocycles. The van der Waals surface area contributed by atoms with E-state index < -0.39 is 12.0 Å². The number of rotatable bonds is 5. The number of likely N-dealkylation sites (N-methyl/N-ethyl adjacent to an activating group) is 1. The van der Waals surface area contributed by atoms with Gasteiger partial charge in [-0.2, -0.15) is 0 Å². The average molecular weight is 294 g/mol. The summed E-state index contributed by atoms with van der Waals surface area (Å²) in [6.45, 7) is 1.11. The number of carboxylic acid groups (broad SMARTS) is 1. The number of carbonyl (C=O) groups excluding carboxylic acids is 1. The van der Waals surface area contributed by atoms with Crippen LogP contribution in [0.5, 0.6) is 0 Å². The van der Waals surface area contributed by atoms with Gasteiger partial charge in [0.2, 0.25) is 5.91 Å². The maximum Gasteiger partial charge on any atom is 0.320 e. The van der Waals surface area contributed by atoms with E-state index >= 15 is 0 Å². The number of aliphatic carboxylic acids is 1. The Labute approximate surface area is 126 Å². The van der Waals surface area contributed by atoms with Crippen molar-refractivity contribution in [1.82, 2.24) is 9.80 Å². The molecule has 3 fully saturated rings. The van der Waals surface area contributed by atoms with Gasteiger partial charge in [0.15, 0.2) is 0 Å². The van der Waals surface area contributed by atoms with Crippen molar-refractivity contribution in [3.63, 3.8) is 0 Å². The van der Waals surface area contributed by atoms with Gasteiger partial charge in [-0.05, 0) is 43.9 Å². The Morgan fingerprint density at radius 3 is 2.57 bits per heavy atom. The van der Waals surface area contributed by atoms with E-state index in [-0.39, 0.29) is 12.5 Å². The molecule has 0 aromatic rings. The lowest BCUT2D eigenvalue weighted by molar-refractivity contribution is -0.144. The first-order valence-electron chi connectivity index (χ1n) is 8.28. The number of amides is 1. The molecule has 0 aromatic carbocycles. The predicted molar refractivity (Wildman–Crippen MR) is 78.9 cm³/mol. The van der Waals surface area contributed by atoms with E-state index in [2.05, 4.69) is 0 Å². The SMILES string of the molecule is CN(CC1CC1)C(=O)CN1C(C(=O)O)CC2CCCCC21. The summed E-state index contributed by atoms with van der Waals surface area (Å²) >= 11 is 0. The monoisotopic (exact) mass is 294 g/mol. The zero-order valence-electron chi connectivity index (χ0n) is 12.8. The molecule has 3 rings (SSSR count). The summed E-state index contributed by atoms with van der Waals surface area (Å²) < 4.78 is 0. The van der Waals surface area contributed by atoms with Crippen molar-refractivity contribution in [1.29, 1.82) is 0 Å². The molecule has 2 aliphatic carbocycles. The van der Waals surface area contributed by atoms with E-state index in [1.54, 1.807) is 4.90 Å². The van der Waals surface area contributed by atoms with Crippen molar-refractivity contribution in [2.45, 2.75) is 57.0 Å². The molecule has 0 radical (unpaired) electrons. The van der Waals surface area contributed by atoms with Crippen molar-refractivity contribution in [3.05, 3.63) is 0 Å². The third-order valence-electron chi connectivity index (χ3n) is 5.48. The Hall–Kier alpha value is -1.10. The molecule has 0 spiro atoms. The molecule has 3 aliphatic rings. The lowest BCUT2D eigenvalue weighted by Gasteiger charge is -2.33. The van der Waals surface area contributed by atoms with Gasteiger partial charge >= 0.3 is 5.97 Å². The van der Waals surface area contributed by atoms with E-state index in [1.165, 1.54) is 19.3 Å². The second-order valence-electron chi connectivity index (χ2n) is 7.09. The first kappa shape index (κ1) is 14.8. The van der Waals surface area contributed by atoms with E-state index in [0.717, 1.165) is 32.2 Å². The number of hydrogen-bond acceptors (Lipinski definition) is 3. The summed E-state index contributed by atoms with van der Waals surface area (Å²) in [7, 11) is 1.85. The number of carbonyl (C=O) groups is 2. The van der Waals surface area contributed by atoms with Crippen molar-refractivity contribution >= 4 is 11.9 Å². The van der Waals surface area contributed by atoms with Crippen LogP contribution in [0.15, 0.2) is 0 Å². The van der Waals surface area contributed by atoms with Crippen molar-refractivity contribution in [3.8, 4) is 0 Å². The smallest absolute Gasteiger partial charge is 0.320 e. The summed E-state index contributed by atoms with van der Waals surface area (Å²) in [5.41, 5.74) is 0. The van der Waals surface area contributed by atoms with Crippen molar-refractivity contribution in [2.75, 3.05) is 20.1 Å². The van der Waals surface area contributed by atoms with Crippen molar-refractivity contribution < 1.29 is 14.7 Å². The van der Waals surface area contributed by atoms with Gasteiger partial charge in [-0.15, -0.1) is 0 Å². The highest BCUT2D eigenvalue weighted by atomic mass is 16.4. The van der Waals surface area contributed by atoms with Gasteiger partial charge < -0.3 is 10.0 Å². The fourth-order valence-corrected chi connectivity index (χ4v) is 4.09. The van der Waals surface area contributed by atoms with Gasteiger partial charge in [-0.3, -0.25) is 14.5 Å². The Morgan fingerprint density at radius 1 is 1.19 bits per heavy atom. The van der Waals surface area contributed by atoms with Gasteiger partial charge in [-0.1, -0.05) is 12.8 Å². The van der Waals surface area contributed by atoms with Crippen LogP contribution >= 0.6 is 0 Å². The Balaban J connectivity index is 1.64. The number of likely N-dealkylation sites (tertiary alicyclic amines) is 1. The van der Waals surface area contributed by atoms with Crippen LogP contribution < -0.4 is 0 Å². The summed E-state index contributed by atoms with van der Waals surface area (Å²) in [5.74, 6) is 0.470. The zero-order chi connectivity index (χ0) is 15.0. The van der Waals surface area contributed by atoms with E-state index in [1.807, 2.05) is 11.9 Å². The van der Waals surface area contributed by atoms with E-state index in [9.17, 15) is 14.7 Å². The quantitative estimate of drug-likeness (QED) is 0.836. The molecular weight excluding hydrogens is 268 g/mol. The van der Waals surface area contributed by atoms with Gasteiger partial charge in [0.05, 0.1) is 6.54 Å². The van der Waals surface area contributed by atoms with E-state index in [4.69, 9.17) is 0 Å². The minimum atomic E-state index is -0.762. The first-order valence-corrected chi connectivity index (χ1v) is 8.28. The molecule has 3 atom stereocenters. The highest BCUT2D eigenvalue weighted by molar-refractivity contribution is 5.80. The Kier molecular flexibility index (Phi) is 4.20. The largest absolute Gasteiger partial charge is 0.480 e. The lowest BCUT2D eigenvalue weighted by Crippen LogP contribution is -2.48.